The minimum absolute atomic E-state index is 0.00701. The fraction of sp³-hybridized carbons (Fsp3) is 0.390. The second kappa shape index (κ2) is 16.3. The van der Waals surface area contributed by atoms with Crippen LogP contribution in [0.2, 0.25) is 0 Å². The molecule has 1 aliphatic carbocycles. The van der Waals surface area contributed by atoms with E-state index in [1.165, 1.54) is 0 Å². The number of amides is 2. The first-order valence-corrected chi connectivity index (χ1v) is 18.7. The molecule has 2 aromatic heterocycles. The van der Waals surface area contributed by atoms with E-state index in [-0.39, 0.29) is 25.0 Å². The van der Waals surface area contributed by atoms with Crippen molar-refractivity contribution in [1.82, 2.24) is 30.2 Å². The number of hydrogen-bond acceptors (Lipinski definition) is 11. The van der Waals surface area contributed by atoms with Crippen molar-refractivity contribution < 1.29 is 29.3 Å². The summed E-state index contributed by atoms with van der Waals surface area (Å²) in [6.45, 7) is 7.08. The molecule has 5 N–H and O–H groups in total. The molecule has 2 fully saturated rings. The molecule has 0 radical (unpaired) electrons. The van der Waals surface area contributed by atoms with E-state index in [2.05, 4.69) is 40.2 Å². The lowest BCUT2D eigenvalue weighted by molar-refractivity contribution is 0.0136. The highest BCUT2D eigenvalue weighted by molar-refractivity contribution is 5.84. The molecule has 1 unspecified atom stereocenters. The highest BCUT2D eigenvalue weighted by atomic mass is 16.6. The Balaban J connectivity index is 1.16. The number of benzene rings is 3. The third kappa shape index (κ3) is 8.98. The van der Waals surface area contributed by atoms with E-state index in [4.69, 9.17) is 24.4 Å². The van der Waals surface area contributed by atoms with E-state index >= 15 is 0 Å². The highest BCUT2D eigenvalue weighted by Crippen LogP contribution is 2.35. The van der Waals surface area contributed by atoms with Crippen molar-refractivity contribution in [1.29, 1.82) is 0 Å². The molecule has 1 aliphatic heterocycles. The Bertz CT molecular complexity index is 2020. The van der Waals surface area contributed by atoms with Crippen LogP contribution in [0, 0.1) is 0 Å². The van der Waals surface area contributed by atoms with Gasteiger partial charge in [-0.1, -0.05) is 91.0 Å². The van der Waals surface area contributed by atoms with Crippen LogP contribution in [-0.4, -0.2) is 91.4 Å². The number of aliphatic hydroxyl groups is 2. The molecule has 288 valence electrons. The van der Waals surface area contributed by atoms with Crippen LogP contribution in [0.15, 0.2) is 97.3 Å². The van der Waals surface area contributed by atoms with Gasteiger partial charge in [0.25, 0.3) is 0 Å². The topological polar surface area (TPSA) is 176 Å². The molecule has 2 amide bonds. The SMILES string of the molecule is CC(C)(C)OC(=O)NC1CCN(c2nc(NCC(c3ccccc3)c3ccccc3)c3ncn([C@@H]4C[C@H](NC(=O)OCc5ccccc5)[C@@H](O)[C@H]4O)c3n2)C1. The van der Waals surface area contributed by atoms with Crippen LogP contribution in [-0.2, 0) is 16.1 Å². The van der Waals surface area contributed by atoms with Gasteiger partial charge in [-0.15, -0.1) is 0 Å². The summed E-state index contributed by atoms with van der Waals surface area (Å²) in [4.78, 5) is 42.0. The molecule has 14 nitrogen and oxygen atoms in total. The Kier molecular flexibility index (Phi) is 11.2. The zero-order valence-electron chi connectivity index (χ0n) is 31.2. The van der Waals surface area contributed by atoms with Crippen LogP contribution < -0.4 is 20.9 Å². The third-order valence-corrected chi connectivity index (χ3v) is 10.0. The molecule has 7 rings (SSSR count). The Labute approximate surface area is 319 Å². The quantitative estimate of drug-likeness (QED) is 0.121. The summed E-state index contributed by atoms with van der Waals surface area (Å²) in [5.41, 5.74) is 3.43. The molecule has 2 aliphatic rings. The maximum absolute atomic E-state index is 12.7. The van der Waals surface area contributed by atoms with Gasteiger partial charge in [-0.25, -0.2) is 14.6 Å². The average Bonchev–Trinajstić information content (AvgIpc) is 3.89. The van der Waals surface area contributed by atoms with Gasteiger partial charge < -0.3 is 45.1 Å². The largest absolute Gasteiger partial charge is 0.445 e. The van der Waals surface area contributed by atoms with Crippen molar-refractivity contribution in [2.75, 3.05) is 29.9 Å². The third-order valence-electron chi connectivity index (χ3n) is 10.0. The van der Waals surface area contributed by atoms with Crippen molar-refractivity contribution in [2.24, 2.45) is 0 Å². The van der Waals surface area contributed by atoms with Crippen LogP contribution >= 0.6 is 0 Å². The summed E-state index contributed by atoms with van der Waals surface area (Å²) in [5.74, 6) is 0.923. The van der Waals surface area contributed by atoms with Gasteiger partial charge in [0.2, 0.25) is 5.95 Å². The minimum atomic E-state index is -1.26. The van der Waals surface area contributed by atoms with Crippen LogP contribution in [0.1, 0.15) is 62.3 Å². The monoisotopic (exact) mass is 748 g/mol. The maximum atomic E-state index is 12.7. The van der Waals surface area contributed by atoms with Crippen LogP contribution in [0.25, 0.3) is 11.2 Å². The Morgan fingerprint density at radius 1 is 0.873 bits per heavy atom. The van der Waals surface area contributed by atoms with Crippen molar-refractivity contribution in [2.45, 2.75) is 82.1 Å². The molecule has 0 spiro atoms. The summed E-state index contributed by atoms with van der Waals surface area (Å²) >= 11 is 0. The minimum Gasteiger partial charge on any atom is -0.445 e. The number of imidazole rings is 1. The molecule has 5 aromatic rings. The van der Waals surface area contributed by atoms with Gasteiger partial charge in [0.1, 0.15) is 24.4 Å². The zero-order valence-corrected chi connectivity index (χ0v) is 31.2. The fourth-order valence-corrected chi connectivity index (χ4v) is 7.29. The van der Waals surface area contributed by atoms with Gasteiger partial charge in [-0.3, -0.25) is 0 Å². The number of ether oxygens (including phenoxy) is 2. The molecule has 3 heterocycles. The van der Waals surface area contributed by atoms with Crippen LogP contribution in [0.4, 0.5) is 21.4 Å². The van der Waals surface area contributed by atoms with Gasteiger partial charge >= 0.3 is 12.2 Å². The lowest BCUT2D eigenvalue weighted by Crippen LogP contribution is -2.43. The summed E-state index contributed by atoms with van der Waals surface area (Å²) < 4.78 is 12.6. The van der Waals surface area contributed by atoms with Gasteiger partial charge in [-0.2, -0.15) is 9.97 Å². The molecule has 1 saturated carbocycles. The number of aliphatic hydroxyl groups excluding tert-OH is 2. The van der Waals surface area contributed by atoms with E-state index in [9.17, 15) is 19.8 Å². The number of carbonyl (C=O) groups is 2. The van der Waals surface area contributed by atoms with E-state index in [0.717, 1.165) is 16.7 Å². The summed E-state index contributed by atoms with van der Waals surface area (Å²) in [7, 11) is 0. The molecular formula is C41H48N8O6. The number of nitrogens with zero attached hydrogens (tertiary/aromatic N) is 5. The number of anilines is 2. The van der Waals surface area contributed by atoms with E-state index in [1.807, 2.05) is 92.4 Å². The molecule has 1 saturated heterocycles. The lowest BCUT2D eigenvalue weighted by Gasteiger charge is -2.23. The zero-order chi connectivity index (χ0) is 38.5. The normalized spacial score (nSPS) is 21.1. The molecule has 0 bridgehead atoms. The first-order valence-electron chi connectivity index (χ1n) is 18.7. The predicted octanol–water partition coefficient (Wildman–Crippen LogP) is 5.14. The Hall–Kier alpha value is -5.73. The number of aromatic nitrogens is 4. The van der Waals surface area contributed by atoms with Gasteiger partial charge in [0.05, 0.1) is 24.5 Å². The van der Waals surface area contributed by atoms with E-state index in [1.54, 1.807) is 10.9 Å². The number of carbonyl (C=O) groups excluding carboxylic acids is 2. The van der Waals surface area contributed by atoms with Gasteiger partial charge in [-0.05, 0) is 50.3 Å². The summed E-state index contributed by atoms with van der Waals surface area (Å²) in [5, 5.41) is 31.7. The van der Waals surface area contributed by atoms with Crippen LogP contribution in [0.3, 0.4) is 0 Å². The van der Waals surface area contributed by atoms with E-state index in [0.29, 0.717) is 49.0 Å². The fourth-order valence-electron chi connectivity index (χ4n) is 7.29. The standard InChI is InChI=1S/C41H48N8O6/c1-41(2,3)55-40(53)44-29-19-20-48(23-29)38-46-36(42-22-30(27-15-9-5-10-16-27)28-17-11-6-12-18-28)33-37(47-38)49(25-43-33)32-21-31(34(50)35(32)51)45-39(52)54-24-26-13-7-4-8-14-26/h4-18,25,29-32,34-35,50-51H,19-24H2,1-3H3,(H,44,53)(H,45,52)(H,42,46,47)/t29?,31-,32+,34+,35-/m0/s1. The number of alkyl carbamates (subject to hydrolysis) is 2. The number of nitrogens with one attached hydrogen (secondary N) is 3. The van der Waals surface area contributed by atoms with E-state index < -0.39 is 42.1 Å². The Morgan fingerprint density at radius 3 is 2.18 bits per heavy atom. The first-order chi connectivity index (χ1) is 26.5. The number of rotatable bonds is 11. The average molecular weight is 749 g/mol. The summed E-state index contributed by atoms with van der Waals surface area (Å²) in [6.07, 6.45) is -1.22. The number of fused-ring (bicyclic) bond motifs is 1. The molecular weight excluding hydrogens is 701 g/mol. The van der Waals surface area contributed by atoms with Gasteiger partial charge in [0, 0.05) is 25.6 Å². The maximum Gasteiger partial charge on any atom is 0.407 e. The summed E-state index contributed by atoms with van der Waals surface area (Å²) in [6, 6.07) is 28.2. The molecule has 14 heteroatoms. The molecule has 55 heavy (non-hydrogen) atoms. The first kappa shape index (κ1) is 37.6. The van der Waals surface area contributed by atoms with Gasteiger partial charge in [0.15, 0.2) is 17.0 Å². The Morgan fingerprint density at radius 2 is 1.53 bits per heavy atom. The second-order valence-corrected chi connectivity index (χ2v) is 15.1. The smallest absolute Gasteiger partial charge is 0.407 e. The second-order valence-electron chi connectivity index (χ2n) is 15.1. The van der Waals surface area contributed by atoms with Crippen molar-refractivity contribution in [3.63, 3.8) is 0 Å². The highest BCUT2D eigenvalue weighted by Gasteiger charge is 2.44. The van der Waals surface area contributed by atoms with Crippen molar-refractivity contribution in [3.8, 4) is 0 Å². The lowest BCUT2D eigenvalue weighted by atomic mass is 9.91. The molecule has 3 aromatic carbocycles. The number of hydrogen-bond donors (Lipinski definition) is 5. The van der Waals surface area contributed by atoms with Crippen molar-refractivity contribution in [3.05, 3.63) is 114 Å². The van der Waals surface area contributed by atoms with Crippen LogP contribution in [0.5, 0.6) is 0 Å². The van der Waals surface area contributed by atoms with Crippen molar-refractivity contribution >= 4 is 35.1 Å². The molecule has 5 atom stereocenters. The predicted molar refractivity (Wildman–Crippen MR) is 208 cm³/mol.